The van der Waals surface area contributed by atoms with Crippen LogP contribution in [0.1, 0.15) is 11.5 Å². The molecule has 0 unspecified atom stereocenters. The van der Waals surface area contributed by atoms with E-state index >= 15 is 0 Å². The number of hydrogen-bond acceptors (Lipinski definition) is 7. The van der Waals surface area contributed by atoms with Gasteiger partial charge in [-0.2, -0.15) is 11.8 Å². The van der Waals surface area contributed by atoms with E-state index in [9.17, 15) is 10.1 Å². The lowest BCUT2D eigenvalue weighted by atomic mass is 10.4. The Morgan fingerprint density at radius 2 is 2.20 bits per heavy atom. The van der Waals surface area contributed by atoms with Crippen LogP contribution < -0.4 is 16.0 Å². The molecule has 1 rings (SSSR count). The lowest BCUT2D eigenvalue weighted by Gasteiger charge is -2.07. The highest BCUT2D eigenvalue weighted by Gasteiger charge is 2.02. The molecule has 0 fully saturated rings. The highest BCUT2D eigenvalue weighted by molar-refractivity contribution is 7.98. The maximum absolute atomic E-state index is 10.3. The molecule has 7 nitrogen and oxygen atoms in total. The van der Waals surface area contributed by atoms with E-state index in [0.717, 1.165) is 35.8 Å². The molecule has 0 bridgehead atoms. The lowest BCUT2D eigenvalue weighted by Crippen LogP contribution is -2.26. The first kappa shape index (κ1) is 16.4. The van der Waals surface area contributed by atoms with Crippen LogP contribution in [0.2, 0.25) is 0 Å². The van der Waals surface area contributed by atoms with Crippen molar-refractivity contribution in [1.29, 1.82) is 0 Å². The van der Waals surface area contributed by atoms with E-state index in [0.29, 0.717) is 12.4 Å². The van der Waals surface area contributed by atoms with Gasteiger partial charge in [-0.1, -0.05) is 0 Å². The number of rotatable bonds is 10. The van der Waals surface area contributed by atoms with Crippen molar-refractivity contribution in [2.75, 3.05) is 26.4 Å². The fraction of sp³-hybridized carbons (Fsp3) is 0.500. The number of thioether (sulfide) groups is 1. The molecule has 1 heterocycles. The Bertz CT molecular complexity index is 448. The second-order valence-electron chi connectivity index (χ2n) is 3.96. The third kappa shape index (κ3) is 6.48. The molecule has 0 aliphatic carbocycles. The van der Waals surface area contributed by atoms with Crippen LogP contribution in [-0.4, -0.2) is 31.3 Å². The van der Waals surface area contributed by atoms with Gasteiger partial charge in [0.15, 0.2) is 5.82 Å². The highest BCUT2D eigenvalue weighted by Crippen LogP contribution is 2.15. The molecular weight excluding hydrogens is 280 g/mol. The molecule has 0 spiro atoms. The summed E-state index contributed by atoms with van der Waals surface area (Å²) in [6.07, 6.45) is 0.918. The SMILES string of the molecule is CNCc1ccc(CSCCN/C(=C\[N+](=O)[O-])NC)o1. The first-order valence-electron chi connectivity index (χ1n) is 6.22. The molecule has 8 heteroatoms. The van der Waals surface area contributed by atoms with Crippen molar-refractivity contribution in [3.63, 3.8) is 0 Å². The highest BCUT2D eigenvalue weighted by atomic mass is 32.2. The monoisotopic (exact) mass is 300 g/mol. The zero-order valence-electron chi connectivity index (χ0n) is 11.6. The zero-order valence-corrected chi connectivity index (χ0v) is 12.5. The van der Waals surface area contributed by atoms with E-state index in [2.05, 4.69) is 16.0 Å². The van der Waals surface area contributed by atoms with Crippen LogP contribution in [-0.2, 0) is 12.3 Å². The van der Waals surface area contributed by atoms with Crippen LogP contribution >= 0.6 is 11.8 Å². The van der Waals surface area contributed by atoms with E-state index in [1.807, 2.05) is 19.2 Å². The summed E-state index contributed by atoms with van der Waals surface area (Å²) in [5.41, 5.74) is 0. The van der Waals surface area contributed by atoms with Crippen molar-refractivity contribution in [3.8, 4) is 0 Å². The number of nitrogens with zero attached hydrogens (tertiary/aromatic N) is 1. The van der Waals surface area contributed by atoms with Gasteiger partial charge in [0, 0.05) is 19.3 Å². The second kappa shape index (κ2) is 9.27. The molecule has 20 heavy (non-hydrogen) atoms. The molecule has 0 atom stereocenters. The predicted molar refractivity (Wildman–Crippen MR) is 79.8 cm³/mol. The Labute approximate surface area is 122 Å². The maximum Gasteiger partial charge on any atom is 0.274 e. The first-order chi connectivity index (χ1) is 9.65. The minimum atomic E-state index is -0.488. The molecule has 0 aliphatic rings. The summed E-state index contributed by atoms with van der Waals surface area (Å²) in [4.78, 5) is 9.84. The summed E-state index contributed by atoms with van der Waals surface area (Å²) in [6, 6.07) is 3.93. The Balaban J connectivity index is 2.19. The summed E-state index contributed by atoms with van der Waals surface area (Å²) >= 11 is 1.71. The normalized spacial score (nSPS) is 11.4. The molecule has 0 amide bonds. The fourth-order valence-electron chi connectivity index (χ4n) is 1.50. The van der Waals surface area contributed by atoms with Crippen LogP contribution in [0, 0.1) is 10.1 Å². The van der Waals surface area contributed by atoms with Gasteiger partial charge in [-0.3, -0.25) is 10.1 Å². The number of nitrogens with one attached hydrogen (secondary N) is 3. The van der Waals surface area contributed by atoms with Crippen molar-refractivity contribution >= 4 is 11.8 Å². The van der Waals surface area contributed by atoms with Crippen LogP contribution in [0.25, 0.3) is 0 Å². The molecular formula is C12H20N4O3S. The van der Waals surface area contributed by atoms with Crippen LogP contribution in [0.4, 0.5) is 0 Å². The van der Waals surface area contributed by atoms with Crippen molar-refractivity contribution < 1.29 is 9.34 Å². The number of furan rings is 1. The Morgan fingerprint density at radius 1 is 1.45 bits per heavy atom. The summed E-state index contributed by atoms with van der Waals surface area (Å²) in [6.45, 7) is 1.37. The van der Waals surface area contributed by atoms with Crippen molar-refractivity contribution in [2.24, 2.45) is 0 Å². The Kier molecular flexibility index (Phi) is 7.59. The van der Waals surface area contributed by atoms with E-state index in [-0.39, 0.29) is 0 Å². The van der Waals surface area contributed by atoms with Gasteiger partial charge in [-0.05, 0) is 19.2 Å². The molecule has 0 saturated heterocycles. The average molecular weight is 300 g/mol. The van der Waals surface area contributed by atoms with Gasteiger partial charge >= 0.3 is 0 Å². The summed E-state index contributed by atoms with van der Waals surface area (Å²) in [5, 5.41) is 19.0. The van der Waals surface area contributed by atoms with Gasteiger partial charge in [0.1, 0.15) is 11.5 Å². The van der Waals surface area contributed by atoms with Gasteiger partial charge in [-0.25, -0.2) is 0 Å². The van der Waals surface area contributed by atoms with Crippen molar-refractivity contribution in [2.45, 2.75) is 12.3 Å². The summed E-state index contributed by atoms with van der Waals surface area (Å²) < 4.78 is 5.61. The number of nitro groups is 1. The Morgan fingerprint density at radius 3 is 2.85 bits per heavy atom. The van der Waals surface area contributed by atoms with E-state index in [4.69, 9.17) is 4.42 Å². The first-order valence-corrected chi connectivity index (χ1v) is 7.38. The second-order valence-corrected chi connectivity index (χ2v) is 5.06. The van der Waals surface area contributed by atoms with Crippen LogP contribution in [0.15, 0.2) is 28.6 Å². The van der Waals surface area contributed by atoms with E-state index in [1.54, 1.807) is 18.8 Å². The average Bonchev–Trinajstić information content (AvgIpc) is 2.84. The topological polar surface area (TPSA) is 92.4 Å². The quantitative estimate of drug-likeness (QED) is 0.339. The minimum Gasteiger partial charge on any atom is -0.464 e. The molecule has 112 valence electrons. The molecule has 0 aromatic carbocycles. The van der Waals surface area contributed by atoms with Crippen molar-refractivity contribution in [3.05, 3.63) is 45.8 Å². The largest absolute Gasteiger partial charge is 0.464 e. The third-order valence-corrected chi connectivity index (χ3v) is 3.36. The molecule has 1 aromatic heterocycles. The van der Waals surface area contributed by atoms with Gasteiger partial charge in [0.2, 0.25) is 0 Å². The summed E-state index contributed by atoms with van der Waals surface area (Å²) in [7, 11) is 3.52. The smallest absolute Gasteiger partial charge is 0.274 e. The Hall–Kier alpha value is -1.67. The van der Waals surface area contributed by atoms with Crippen LogP contribution in [0.5, 0.6) is 0 Å². The standard InChI is InChI=1S/C12H20N4O3S/c1-13-7-10-3-4-11(19-10)9-20-6-5-15-12(14-2)8-16(17)18/h3-4,8,13-15H,5-7,9H2,1-2H3/b12-8-. The fourth-order valence-corrected chi connectivity index (χ4v) is 2.25. The van der Waals surface area contributed by atoms with Gasteiger partial charge in [0.05, 0.1) is 17.2 Å². The molecule has 0 radical (unpaired) electrons. The number of hydrogen-bond donors (Lipinski definition) is 3. The van der Waals surface area contributed by atoms with Gasteiger partial charge in [-0.15, -0.1) is 0 Å². The van der Waals surface area contributed by atoms with Crippen LogP contribution in [0.3, 0.4) is 0 Å². The molecule has 1 aromatic rings. The summed E-state index contributed by atoms with van der Waals surface area (Å²) in [5.74, 6) is 3.89. The molecule has 0 saturated carbocycles. The lowest BCUT2D eigenvalue weighted by molar-refractivity contribution is -0.404. The zero-order chi connectivity index (χ0) is 14.8. The molecule has 0 aliphatic heterocycles. The van der Waals surface area contributed by atoms with Gasteiger partial charge < -0.3 is 20.4 Å². The van der Waals surface area contributed by atoms with Gasteiger partial charge in [0.25, 0.3) is 6.20 Å². The molecule has 3 N–H and O–H groups in total. The third-order valence-electron chi connectivity index (χ3n) is 2.38. The van der Waals surface area contributed by atoms with E-state index in [1.165, 1.54) is 0 Å². The minimum absolute atomic E-state index is 0.407. The van der Waals surface area contributed by atoms with Crippen molar-refractivity contribution in [1.82, 2.24) is 16.0 Å². The maximum atomic E-state index is 10.3. The predicted octanol–water partition coefficient (Wildman–Crippen LogP) is 1.12. The van der Waals surface area contributed by atoms with E-state index < -0.39 is 4.92 Å².